The van der Waals surface area contributed by atoms with Gasteiger partial charge in [0.25, 0.3) is 0 Å². The Morgan fingerprint density at radius 3 is 2.18 bits per heavy atom. The lowest BCUT2D eigenvalue weighted by Crippen LogP contribution is -2.33. The number of carbonyl (C=O) groups excluding carboxylic acids is 1. The molecule has 0 bridgehead atoms. The van der Waals surface area contributed by atoms with Gasteiger partial charge in [-0.25, -0.2) is 14.8 Å². The van der Waals surface area contributed by atoms with Gasteiger partial charge in [-0.05, 0) is 16.7 Å². The van der Waals surface area contributed by atoms with E-state index in [1.54, 1.807) is 0 Å². The molecule has 3 aromatic carbocycles. The van der Waals surface area contributed by atoms with Crippen molar-refractivity contribution in [1.29, 1.82) is 0 Å². The van der Waals surface area contributed by atoms with E-state index >= 15 is 0 Å². The van der Waals surface area contributed by atoms with Gasteiger partial charge in [0.1, 0.15) is 18.2 Å². The maximum Gasteiger partial charge on any atom is 0.328 e. The van der Waals surface area contributed by atoms with E-state index < -0.39 is 6.04 Å². The van der Waals surface area contributed by atoms with E-state index in [4.69, 9.17) is 4.74 Å². The fourth-order valence-electron chi connectivity index (χ4n) is 3.48. The molecule has 0 aliphatic carbocycles. The molecule has 0 saturated heterocycles. The van der Waals surface area contributed by atoms with Crippen LogP contribution in [0.4, 0.5) is 5.82 Å². The molecular weight excluding hydrogens is 410 g/mol. The average molecular weight is 436 g/mol. The number of esters is 1. The summed E-state index contributed by atoms with van der Waals surface area (Å²) in [4.78, 5) is 21.0. The molecule has 1 atom stereocenters. The first-order valence-corrected chi connectivity index (χ1v) is 10.8. The topological polar surface area (TPSA) is 64.1 Å². The minimum absolute atomic E-state index is 0.339. The summed E-state index contributed by atoms with van der Waals surface area (Å²) in [5.74, 6) is 0.230. The second kappa shape index (κ2) is 10.9. The number of rotatable bonds is 8. The Morgan fingerprint density at radius 2 is 1.52 bits per heavy atom. The SMILES string of the molecule is COC(=O)[C@H](Cc1ccccc1)Nc1cc(-c2ccc(C=Cc3ccccc3)cc2)ncn1. The minimum Gasteiger partial charge on any atom is -0.467 e. The van der Waals surface area contributed by atoms with Gasteiger partial charge < -0.3 is 10.1 Å². The molecule has 0 aliphatic rings. The minimum atomic E-state index is -0.550. The van der Waals surface area contributed by atoms with Crippen molar-refractivity contribution in [2.24, 2.45) is 0 Å². The van der Waals surface area contributed by atoms with Crippen molar-refractivity contribution in [1.82, 2.24) is 9.97 Å². The monoisotopic (exact) mass is 435 g/mol. The van der Waals surface area contributed by atoms with Gasteiger partial charge in [-0.2, -0.15) is 0 Å². The molecule has 1 aromatic heterocycles. The molecule has 5 nitrogen and oxygen atoms in total. The Morgan fingerprint density at radius 1 is 0.879 bits per heavy atom. The largest absolute Gasteiger partial charge is 0.467 e. The first kappa shape index (κ1) is 22.0. The summed E-state index contributed by atoms with van der Waals surface area (Å²) in [6.07, 6.45) is 6.16. The maximum absolute atomic E-state index is 12.3. The third-order valence-electron chi connectivity index (χ3n) is 5.23. The molecule has 0 amide bonds. The molecule has 0 saturated carbocycles. The van der Waals surface area contributed by atoms with Crippen molar-refractivity contribution in [2.75, 3.05) is 12.4 Å². The number of hydrogen-bond acceptors (Lipinski definition) is 5. The molecule has 0 fully saturated rings. The highest BCUT2D eigenvalue weighted by atomic mass is 16.5. The number of hydrogen-bond donors (Lipinski definition) is 1. The third kappa shape index (κ3) is 6.14. The van der Waals surface area contributed by atoms with Crippen LogP contribution >= 0.6 is 0 Å². The number of nitrogens with zero attached hydrogens (tertiary/aromatic N) is 2. The summed E-state index contributed by atoms with van der Waals surface area (Å²) in [6, 6.07) is 29.5. The van der Waals surface area contributed by atoms with Crippen LogP contribution in [0.3, 0.4) is 0 Å². The third-order valence-corrected chi connectivity index (χ3v) is 5.23. The van der Waals surface area contributed by atoms with Crippen molar-refractivity contribution >= 4 is 23.9 Å². The van der Waals surface area contributed by atoms with Crippen LogP contribution in [0, 0.1) is 0 Å². The van der Waals surface area contributed by atoms with Crippen LogP contribution in [0.2, 0.25) is 0 Å². The van der Waals surface area contributed by atoms with Crippen LogP contribution in [0.5, 0.6) is 0 Å². The number of benzene rings is 3. The van der Waals surface area contributed by atoms with E-state index in [1.807, 2.05) is 66.7 Å². The Bertz CT molecular complexity index is 1210. The van der Waals surface area contributed by atoms with Crippen LogP contribution < -0.4 is 5.32 Å². The molecule has 4 aromatic rings. The first-order valence-electron chi connectivity index (χ1n) is 10.8. The lowest BCUT2D eigenvalue weighted by atomic mass is 10.1. The summed E-state index contributed by atoms with van der Waals surface area (Å²) < 4.78 is 4.99. The highest BCUT2D eigenvalue weighted by molar-refractivity contribution is 5.79. The van der Waals surface area contributed by atoms with Crippen molar-refractivity contribution in [2.45, 2.75) is 12.5 Å². The number of carbonyl (C=O) groups is 1. The summed E-state index contributed by atoms with van der Waals surface area (Å²) in [6.45, 7) is 0. The van der Waals surface area contributed by atoms with Gasteiger partial charge in [-0.1, -0.05) is 97.1 Å². The molecule has 4 rings (SSSR count). The molecule has 0 unspecified atom stereocenters. The van der Waals surface area contributed by atoms with Crippen molar-refractivity contribution < 1.29 is 9.53 Å². The molecule has 0 spiro atoms. The van der Waals surface area contributed by atoms with Gasteiger partial charge in [0, 0.05) is 18.1 Å². The summed E-state index contributed by atoms with van der Waals surface area (Å²) in [7, 11) is 1.39. The van der Waals surface area contributed by atoms with Gasteiger partial charge in [0.2, 0.25) is 0 Å². The maximum atomic E-state index is 12.3. The second-order valence-corrected chi connectivity index (χ2v) is 7.56. The van der Waals surface area contributed by atoms with E-state index in [-0.39, 0.29) is 5.97 Å². The smallest absolute Gasteiger partial charge is 0.328 e. The number of aromatic nitrogens is 2. The first-order chi connectivity index (χ1) is 16.2. The van der Waals surface area contributed by atoms with Crippen LogP contribution in [-0.4, -0.2) is 29.1 Å². The lowest BCUT2D eigenvalue weighted by Gasteiger charge is -2.17. The van der Waals surface area contributed by atoms with Crippen molar-refractivity contribution in [3.8, 4) is 11.3 Å². The molecule has 5 heteroatoms. The van der Waals surface area contributed by atoms with Gasteiger partial charge in [0.15, 0.2) is 0 Å². The molecule has 1 N–H and O–H groups in total. The molecular formula is C28H25N3O2. The highest BCUT2D eigenvalue weighted by Gasteiger charge is 2.20. The molecule has 164 valence electrons. The fourth-order valence-corrected chi connectivity index (χ4v) is 3.48. The summed E-state index contributed by atoms with van der Waals surface area (Å²) >= 11 is 0. The summed E-state index contributed by atoms with van der Waals surface area (Å²) in [5.41, 5.74) is 5.03. The van der Waals surface area contributed by atoms with Crippen molar-refractivity contribution in [3.63, 3.8) is 0 Å². The molecule has 1 heterocycles. The highest BCUT2D eigenvalue weighted by Crippen LogP contribution is 2.21. The van der Waals surface area contributed by atoms with Crippen LogP contribution in [0.25, 0.3) is 23.4 Å². The fraction of sp³-hybridized carbons (Fsp3) is 0.107. The Kier molecular flexibility index (Phi) is 7.23. The van der Waals surface area contributed by atoms with Crippen molar-refractivity contribution in [3.05, 3.63) is 114 Å². The quantitative estimate of drug-likeness (QED) is 0.292. The van der Waals surface area contributed by atoms with Gasteiger partial charge >= 0.3 is 5.97 Å². The number of ether oxygens (including phenoxy) is 1. The number of anilines is 1. The molecule has 0 aliphatic heterocycles. The number of nitrogens with one attached hydrogen (secondary N) is 1. The Labute approximate surface area is 193 Å². The summed E-state index contributed by atoms with van der Waals surface area (Å²) in [5, 5.41) is 3.20. The number of methoxy groups -OCH3 is 1. The van der Waals surface area contributed by atoms with Gasteiger partial charge in [-0.15, -0.1) is 0 Å². The lowest BCUT2D eigenvalue weighted by molar-refractivity contribution is -0.141. The Balaban J connectivity index is 1.48. The molecule has 0 radical (unpaired) electrons. The normalized spacial score (nSPS) is 11.8. The second-order valence-electron chi connectivity index (χ2n) is 7.56. The van der Waals surface area contributed by atoms with E-state index in [9.17, 15) is 4.79 Å². The van der Waals surface area contributed by atoms with Gasteiger partial charge in [0.05, 0.1) is 12.8 Å². The molecule has 33 heavy (non-hydrogen) atoms. The van der Waals surface area contributed by atoms with E-state index in [1.165, 1.54) is 13.4 Å². The van der Waals surface area contributed by atoms with Gasteiger partial charge in [-0.3, -0.25) is 0 Å². The van der Waals surface area contributed by atoms with E-state index in [0.29, 0.717) is 12.2 Å². The zero-order valence-electron chi connectivity index (χ0n) is 18.4. The predicted octanol–water partition coefficient (Wildman–Crippen LogP) is 5.51. The average Bonchev–Trinajstić information content (AvgIpc) is 2.88. The zero-order valence-corrected chi connectivity index (χ0v) is 18.4. The Hall–Kier alpha value is -4.25. The van der Waals surface area contributed by atoms with E-state index in [2.05, 4.69) is 51.7 Å². The standard InChI is InChI=1S/C28H25N3O2/c1-33-28(32)26(18-23-10-6-3-7-11-23)31-27-19-25(29-20-30-27)24-16-14-22(15-17-24)13-12-21-8-4-2-5-9-21/h2-17,19-20,26H,18H2,1H3,(H,29,30,31)/t26-/m0/s1. The van der Waals surface area contributed by atoms with E-state index in [0.717, 1.165) is 27.9 Å². The zero-order chi connectivity index (χ0) is 22.9. The predicted molar refractivity (Wildman–Crippen MR) is 132 cm³/mol. The van der Waals surface area contributed by atoms with Crippen LogP contribution in [0.15, 0.2) is 97.3 Å². The van der Waals surface area contributed by atoms with Crippen LogP contribution in [0.1, 0.15) is 16.7 Å². The van der Waals surface area contributed by atoms with Crippen LogP contribution in [-0.2, 0) is 16.0 Å².